The molecule has 0 spiro atoms. The van der Waals surface area contributed by atoms with E-state index in [2.05, 4.69) is 45.8 Å². The molecule has 1 aliphatic heterocycles. The lowest BCUT2D eigenvalue weighted by atomic mass is 9.99. The standard InChI is InChI=1S/C31H34ClN3O4/c1-20-27-16-22(23-8-7-21(28(32)17-23)13-15-39-30-6-4-5-14-38-30)10-12-26(27)31(35-34-20)33-19-24-9-11-25(36-2)18-29(24)37-3/h7-12,16-18,30H,4-6,13-15,19H2,1-3H3,(H,33,35). The van der Waals surface area contributed by atoms with E-state index in [9.17, 15) is 0 Å². The molecule has 8 heteroatoms. The SMILES string of the molecule is COc1ccc(CNc2nnc(C)c3cc(-c4ccc(CCOC5CCCCO5)c(Cl)c4)ccc23)c(OC)c1. The molecule has 0 radical (unpaired) electrons. The molecule has 1 aliphatic rings. The van der Waals surface area contributed by atoms with Gasteiger partial charge in [0.15, 0.2) is 12.1 Å². The number of hydrogen-bond donors (Lipinski definition) is 1. The maximum atomic E-state index is 6.68. The molecule has 7 nitrogen and oxygen atoms in total. The quantitative estimate of drug-likeness (QED) is 0.230. The van der Waals surface area contributed by atoms with Crippen LogP contribution in [-0.4, -0.2) is 43.9 Å². The van der Waals surface area contributed by atoms with Crippen LogP contribution in [0.25, 0.3) is 21.9 Å². The summed E-state index contributed by atoms with van der Waals surface area (Å²) in [6.45, 7) is 3.89. The summed E-state index contributed by atoms with van der Waals surface area (Å²) in [5, 5.41) is 15.0. The number of rotatable bonds is 10. The third-order valence-electron chi connectivity index (χ3n) is 7.10. The first-order valence-corrected chi connectivity index (χ1v) is 13.7. The summed E-state index contributed by atoms with van der Waals surface area (Å²) in [6, 6.07) is 18.3. The predicted molar refractivity (Wildman–Crippen MR) is 155 cm³/mol. The van der Waals surface area contributed by atoms with E-state index in [-0.39, 0.29) is 6.29 Å². The molecular weight excluding hydrogens is 514 g/mol. The van der Waals surface area contributed by atoms with Crippen LogP contribution in [0.4, 0.5) is 5.82 Å². The van der Waals surface area contributed by atoms with E-state index < -0.39 is 0 Å². The number of benzene rings is 3. The van der Waals surface area contributed by atoms with Crippen LogP contribution in [0, 0.1) is 6.92 Å². The summed E-state index contributed by atoms with van der Waals surface area (Å²) in [6.07, 6.45) is 3.90. The zero-order valence-electron chi connectivity index (χ0n) is 22.6. The van der Waals surface area contributed by atoms with Gasteiger partial charge in [-0.2, -0.15) is 5.10 Å². The fraction of sp³-hybridized carbons (Fsp3) is 0.355. The summed E-state index contributed by atoms with van der Waals surface area (Å²) in [5.41, 5.74) is 5.05. The highest BCUT2D eigenvalue weighted by Gasteiger charge is 2.15. The molecule has 1 unspecified atom stereocenters. The van der Waals surface area contributed by atoms with Crippen LogP contribution in [0.15, 0.2) is 54.6 Å². The van der Waals surface area contributed by atoms with Gasteiger partial charge in [0, 0.05) is 40.6 Å². The van der Waals surface area contributed by atoms with E-state index >= 15 is 0 Å². The minimum absolute atomic E-state index is 0.0849. The minimum atomic E-state index is -0.0849. The monoisotopic (exact) mass is 547 g/mol. The highest BCUT2D eigenvalue weighted by molar-refractivity contribution is 6.31. The summed E-state index contributed by atoms with van der Waals surface area (Å²) < 4.78 is 22.4. The Morgan fingerprint density at radius 2 is 1.74 bits per heavy atom. The molecule has 1 N–H and O–H groups in total. The zero-order valence-corrected chi connectivity index (χ0v) is 23.4. The summed E-state index contributed by atoms with van der Waals surface area (Å²) in [4.78, 5) is 0. The van der Waals surface area contributed by atoms with E-state index in [0.717, 1.165) is 93.3 Å². The summed E-state index contributed by atoms with van der Waals surface area (Å²) in [7, 11) is 3.29. The van der Waals surface area contributed by atoms with E-state index in [1.54, 1.807) is 14.2 Å². The van der Waals surface area contributed by atoms with Crippen LogP contribution >= 0.6 is 11.6 Å². The van der Waals surface area contributed by atoms with Crippen LogP contribution in [0.2, 0.25) is 5.02 Å². The van der Waals surface area contributed by atoms with Crippen LogP contribution in [0.3, 0.4) is 0 Å². The van der Waals surface area contributed by atoms with Gasteiger partial charge in [0.2, 0.25) is 0 Å². The number of nitrogens with one attached hydrogen (secondary N) is 1. The predicted octanol–water partition coefficient (Wildman–Crippen LogP) is 6.97. The number of hydrogen-bond acceptors (Lipinski definition) is 7. The number of aryl methyl sites for hydroxylation is 1. The molecule has 3 aromatic carbocycles. The second-order valence-corrected chi connectivity index (χ2v) is 10.1. The number of aromatic nitrogens is 2. The van der Waals surface area contributed by atoms with Gasteiger partial charge in [0.1, 0.15) is 11.5 Å². The van der Waals surface area contributed by atoms with Gasteiger partial charge in [-0.3, -0.25) is 0 Å². The molecule has 5 rings (SSSR count). The van der Waals surface area contributed by atoms with Gasteiger partial charge >= 0.3 is 0 Å². The molecule has 204 valence electrons. The van der Waals surface area contributed by atoms with E-state index in [1.165, 1.54) is 0 Å². The van der Waals surface area contributed by atoms with Gasteiger partial charge in [0.05, 0.1) is 26.5 Å². The third kappa shape index (κ3) is 6.44. The molecule has 1 atom stereocenters. The molecule has 0 amide bonds. The second kappa shape index (κ2) is 12.6. The maximum absolute atomic E-state index is 6.68. The number of methoxy groups -OCH3 is 2. The normalized spacial score (nSPS) is 15.3. The Hall–Kier alpha value is -3.39. The second-order valence-electron chi connectivity index (χ2n) is 9.65. The number of halogens is 1. The lowest BCUT2D eigenvalue weighted by Crippen LogP contribution is -2.23. The Balaban J connectivity index is 1.31. The lowest BCUT2D eigenvalue weighted by Gasteiger charge is -2.22. The van der Waals surface area contributed by atoms with Crippen molar-refractivity contribution >= 4 is 28.2 Å². The number of ether oxygens (including phenoxy) is 4. The van der Waals surface area contributed by atoms with Crippen molar-refractivity contribution in [3.63, 3.8) is 0 Å². The molecule has 2 heterocycles. The van der Waals surface area contributed by atoms with Crippen molar-refractivity contribution in [1.29, 1.82) is 0 Å². The van der Waals surface area contributed by atoms with Crippen molar-refractivity contribution in [3.05, 3.63) is 76.4 Å². The lowest BCUT2D eigenvalue weighted by molar-refractivity contribution is -0.161. The van der Waals surface area contributed by atoms with Crippen molar-refractivity contribution in [3.8, 4) is 22.6 Å². The first-order valence-electron chi connectivity index (χ1n) is 13.3. The van der Waals surface area contributed by atoms with Gasteiger partial charge in [-0.05, 0) is 79.6 Å². The Morgan fingerprint density at radius 1 is 0.923 bits per heavy atom. The zero-order chi connectivity index (χ0) is 27.2. The van der Waals surface area contributed by atoms with E-state index in [4.69, 9.17) is 30.5 Å². The van der Waals surface area contributed by atoms with Gasteiger partial charge < -0.3 is 24.3 Å². The molecule has 4 aromatic rings. The van der Waals surface area contributed by atoms with Crippen LogP contribution in [0.5, 0.6) is 11.5 Å². The molecule has 1 fully saturated rings. The summed E-state index contributed by atoms with van der Waals surface area (Å²) in [5.74, 6) is 2.22. The average molecular weight is 548 g/mol. The highest BCUT2D eigenvalue weighted by atomic mass is 35.5. The van der Waals surface area contributed by atoms with Crippen LogP contribution in [0.1, 0.15) is 36.1 Å². The van der Waals surface area contributed by atoms with Gasteiger partial charge in [0.25, 0.3) is 0 Å². The number of anilines is 1. The number of fused-ring (bicyclic) bond motifs is 1. The third-order valence-corrected chi connectivity index (χ3v) is 7.46. The largest absolute Gasteiger partial charge is 0.497 e. The summed E-state index contributed by atoms with van der Waals surface area (Å²) >= 11 is 6.68. The van der Waals surface area contributed by atoms with Crippen molar-refractivity contribution in [1.82, 2.24) is 10.2 Å². The Bertz CT molecular complexity index is 1440. The van der Waals surface area contributed by atoms with Crippen molar-refractivity contribution in [2.75, 3.05) is 32.8 Å². The van der Waals surface area contributed by atoms with Crippen LogP contribution < -0.4 is 14.8 Å². The molecule has 1 saturated heterocycles. The Kier molecular flexibility index (Phi) is 8.81. The topological polar surface area (TPSA) is 74.7 Å². The first kappa shape index (κ1) is 27.2. The van der Waals surface area contributed by atoms with Crippen molar-refractivity contribution in [2.45, 2.75) is 45.4 Å². The fourth-order valence-corrected chi connectivity index (χ4v) is 5.12. The number of nitrogens with zero attached hydrogens (tertiary/aromatic N) is 2. The van der Waals surface area contributed by atoms with Gasteiger partial charge in [-0.15, -0.1) is 5.10 Å². The Morgan fingerprint density at radius 3 is 2.51 bits per heavy atom. The molecule has 0 saturated carbocycles. The van der Waals surface area contributed by atoms with Gasteiger partial charge in [-0.25, -0.2) is 0 Å². The van der Waals surface area contributed by atoms with Crippen molar-refractivity contribution < 1.29 is 18.9 Å². The molecular formula is C31H34ClN3O4. The van der Waals surface area contributed by atoms with E-state index in [1.807, 2.05) is 31.2 Å². The molecule has 1 aromatic heterocycles. The average Bonchev–Trinajstić information content (AvgIpc) is 2.98. The highest BCUT2D eigenvalue weighted by Crippen LogP contribution is 2.32. The molecule has 0 aliphatic carbocycles. The molecule has 0 bridgehead atoms. The van der Waals surface area contributed by atoms with E-state index in [0.29, 0.717) is 13.2 Å². The first-order chi connectivity index (χ1) is 19.1. The van der Waals surface area contributed by atoms with Crippen LogP contribution in [-0.2, 0) is 22.4 Å². The molecule has 39 heavy (non-hydrogen) atoms. The minimum Gasteiger partial charge on any atom is -0.497 e. The maximum Gasteiger partial charge on any atom is 0.157 e. The Labute approximate surface area is 234 Å². The van der Waals surface area contributed by atoms with Crippen molar-refractivity contribution in [2.24, 2.45) is 0 Å². The smallest absolute Gasteiger partial charge is 0.157 e. The van der Waals surface area contributed by atoms with Gasteiger partial charge in [-0.1, -0.05) is 29.8 Å². The fourth-order valence-electron chi connectivity index (χ4n) is 4.84.